The van der Waals surface area contributed by atoms with Gasteiger partial charge in [0.2, 0.25) is 0 Å². The molecular formula is C15H28N2. The van der Waals surface area contributed by atoms with Crippen LogP contribution in [0.2, 0.25) is 0 Å². The normalized spacial score (nSPS) is 30.2. The topological polar surface area (TPSA) is 15.3 Å². The molecule has 17 heavy (non-hydrogen) atoms. The van der Waals surface area contributed by atoms with Crippen LogP contribution >= 0.6 is 0 Å². The van der Waals surface area contributed by atoms with Gasteiger partial charge in [-0.3, -0.25) is 4.90 Å². The molecule has 2 fully saturated rings. The summed E-state index contributed by atoms with van der Waals surface area (Å²) in [6.45, 7) is 11.2. The summed E-state index contributed by atoms with van der Waals surface area (Å²) in [5.41, 5.74) is 0. The molecule has 0 spiro atoms. The lowest BCUT2D eigenvalue weighted by molar-refractivity contribution is 0.0675. The molecule has 0 amide bonds. The Labute approximate surface area is 106 Å². The van der Waals surface area contributed by atoms with Gasteiger partial charge in [0.15, 0.2) is 0 Å². The number of piperidine rings is 1. The fourth-order valence-electron chi connectivity index (χ4n) is 3.23. The maximum absolute atomic E-state index is 3.86. The summed E-state index contributed by atoms with van der Waals surface area (Å²) in [6, 6.07) is 0.875. The number of hydrogen-bond acceptors (Lipinski definition) is 2. The lowest BCUT2D eigenvalue weighted by Crippen LogP contribution is -2.47. The van der Waals surface area contributed by atoms with Crippen molar-refractivity contribution < 1.29 is 0 Å². The quantitative estimate of drug-likeness (QED) is 0.713. The van der Waals surface area contributed by atoms with Crippen molar-refractivity contribution in [2.75, 3.05) is 26.2 Å². The molecule has 0 bridgehead atoms. The predicted octanol–water partition coefficient (Wildman–Crippen LogP) is 2.66. The predicted molar refractivity (Wildman–Crippen MR) is 74.2 cm³/mol. The first-order chi connectivity index (χ1) is 8.29. The molecule has 1 N–H and O–H groups in total. The monoisotopic (exact) mass is 236 g/mol. The van der Waals surface area contributed by atoms with Crippen molar-refractivity contribution in [2.45, 2.75) is 45.1 Å². The standard InChI is InChI=1S/C15H28N2/c1-3-4-9-17(15-10-13(2)11-15)12-14-5-7-16-8-6-14/h3,13-16H,1,4-12H2,2H3. The SMILES string of the molecule is C=CCCN(CC1CCNCC1)C1CC(C)C1. The van der Waals surface area contributed by atoms with Crippen LogP contribution in [0.4, 0.5) is 0 Å². The Balaban J connectivity index is 1.79. The van der Waals surface area contributed by atoms with E-state index in [1.54, 1.807) is 0 Å². The Morgan fingerprint density at radius 1 is 1.29 bits per heavy atom. The summed E-state index contributed by atoms with van der Waals surface area (Å²) in [5, 5.41) is 3.46. The van der Waals surface area contributed by atoms with Crippen molar-refractivity contribution >= 4 is 0 Å². The van der Waals surface area contributed by atoms with E-state index in [-0.39, 0.29) is 0 Å². The van der Waals surface area contributed by atoms with Crippen LogP contribution in [0.1, 0.15) is 39.0 Å². The minimum atomic E-state index is 0.875. The maximum Gasteiger partial charge on any atom is 0.0101 e. The largest absolute Gasteiger partial charge is 0.317 e. The van der Waals surface area contributed by atoms with Crippen LogP contribution in [0.3, 0.4) is 0 Å². The molecule has 0 unspecified atom stereocenters. The second-order valence-corrected chi connectivity index (χ2v) is 6.00. The molecule has 0 radical (unpaired) electrons. The van der Waals surface area contributed by atoms with Crippen LogP contribution in [0, 0.1) is 11.8 Å². The van der Waals surface area contributed by atoms with E-state index < -0.39 is 0 Å². The van der Waals surface area contributed by atoms with Crippen LogP contribution in [0.5, 0.6) is 0 Å². The average molecular weight is 236 g/mol. The van der Waals surface area contributed by atoms with E-state index in [0.717, 1.165) is 24.3 Å². The lowest BCUT2D eigenvalue weighted by Gasteiger charge is -2.43. The third-order valence-corrected chi connectivity index (χ3v) is 4.44. The minimum absolute atomic E-state index is 0.875. The second kappa shape index (κ2) is 6.55. The van der Waals surface area contributed by atoms with Crippen molar-refractivity contribution in [3.8, 4) is 0 Å². The number of nitrogens with zero attached hydrogens (tertiary/aromatic N) is 1. The molecule has 1 heterocycles. The van der Waals surface area contributed by atoms with Crippen molar-refractivity contribution in [2.24, 2.45) is 11.8 Å². The van der Waals surface area contributed by atoms with Crippen molar-refractivity contribution in [1.29, 1.82) is 0 Å². The summed E-state index contributed by atoms with van der Waals surface area (Å²) >= 11 is 0. The molecule has 0 aromatic carbocycles. The Bertz CT molecular complexity index is 227. The first-order valence-corrected chi connectivity index (χ1v) is 7.35. The molecule has 2 rings (SSSR count). The van der Waals surface area contributed by atoms with E-state index in [1.807, 2.05) is 0 Å². The zero-order valence-corrected chi connectivity index (χ0v) is 11.3. The highest BCUT2D eigenvalue weighted by Gasteiger charge is 2.31. The van der Waals surface area contributed by atoms with Crippen LogP contribution in [-0.2, 0) is 0 Å². The first-order valence-electron chi connectivity index (χ1n) is 7.35. The van der Waals surface area contributed by atoms with E-state index in [4.69, 9.17) is 0 Å². The molecule has 0 atom stereocenters. The lowest BCUT2D eigenvalue weighted by atomic mass is 9.80. The summed E-state index contributed by atoms with van der Waals surface area (Å²) in [4.78, 5) is 2.75. The summed E-state index contributed by atoms with van der Waals surface area (Å²) in [5.74, 6) is 1.89. The highest BCUT2D eigenvalue weighted by atomic mass is 15.2. The smallest absolute Gasteiger partial charge is 0.0101 e. The van der Waals surface area contributed by atoms with Gasteiger partial charge in [-0.05, 0) is 57.0 Å². The Kier molecular flexibility index (Phi) is 5.05. The average Bonchev–Trinajstić information content (AvgIpc) is 2.32. The highest BCUT2D eigenvalue weighted by molar-refractivity contribution is 4.87. The molecule has 2 aliphatic rings. The Hall–Kier alpha value is -0.340. The summed E-state index contributed by atoms with van der Waals surface area (Å²) < 4.78 is 0. The third-order valence-electron chi connectivity index (χ3n) is 4.44. The molecule has 1 aliphatic carbocycles. The van der Waals surface area contributed by atoms with Gasteiger partial charge in [-0.25, -0.2) is 0 Å². The van der Waals surface area contributed by atoms with Crippen LogP contribution in [-0.4, -0.2) is 37.1 Å². The van der Waals surface area contributed by atoms with Crippen LogP contribution in [0.15, 0.2) is 12.7 Å². The van der Waals surface area contributed by atoms with Gasteiger partial charge in [-0.1, -0.05) is 13.0 Å². The number of rotatable bonds is 6. The van der Waals surface area contributed by atoms with Gasteiger partial charge in [0.25, 0.3) is 0 Å². The summed E-state index contributed by atoms with van der Waals surface area (Å²) in [6.07, 6.45) is 8.79. The van der Waals surface area contributed by atoms with Gasteiger partial charge >= 0.3 is 0 Å². The van der Waals surface area contributed by atoms with Crippen molar-refractivity contribution in [1.82, 2.24) is 10.2 Å². The molecule has 1 saturated carbocycles. The molecule has 1 aliphatic heterocycles. The van der Waals surface area contributed by atoms with Crippen LogP contribution < -0.4 is 5.32 Å². The van der Waals surface area contributed by atoms with Crippen LogP contribution in [0.25, 0.3) is 0 Å². The van der Waals surface area contributed by atoms with Gasteiger partial charge in [0.1, 0.15) is 0 Å². The zero-order chi connectivity index (χ0) is 12.1. The van der Waals surface area contributed by atoms with Gasteiger partial charge in [-0.15, -0.1) is 6.58 Å². The molecule has 1 saturated heterocycles. The van der Waals surface area contributed by atoms with Crippen molar-refractivity contribution in [3.63, 3.8) is 0 Å². The van der Waals surface area contributed by atoms with E-state index >= 15 is 0 Å². The van der Waals surface area contributed by atoms with Gasteiger partial charge in [-0.2, -0.15) is 0 Å². The second-order valence-electron chi connectivity index (χ2n) is 6.00. The van der Waals surface area contributed by atoms with E-state index in [0.29, 0.717) is 0 Å². The molecule has 2 nitrogen and oxygen atoms in total. The van der Waals surface area contributed by atoms with Gasteiger partial charge in [0.05, 0.1) is 0 Å². The zero-order valence-electron chi connectivity index (χ0n) is 11.3. The highest BCUT2D eigenvalue weighted by Crippen LogP contribution is 2.32. The van der Waals surface area contributed by atoms with E-state index in [2.05, 4.69) is 29.8 Å². The molecule has 0 aromatic rings. The molecular weight excluding hydrogens is 208 g/mol. The molecule has 2 heteroatoms. The first kappa shape index (κ1) is 13.1. The van der Waals surface area contributed by atoms with E-state index in [9.17, 15) is 0 Å². The summed E-state index contributed by atoms with van der Waals surface area (Å²) in [7, 11) is 0. The number of nitrogens with one attached hydrogen (secondary N) is 1. The minimum Gasteiger partial charge on any atom is -0.317 e. The Morgan fingerprint density at radius 2 is 2.00 bits per heavy atom. The maximum atomic E-state index is 3.86. The fraction of sp³-hybridized carbons (Fsp3) is 0.867. The Morgan fingerprint density at radius 3 is 2.59 bits per heavy atom. The van der Waals surface area contributed by atoms with E-state index in [1.165, 1.54) is 51.9 Å². The van der Waals surface area contributed by atoms with Gasteiger partial charge < -0.3 is 5.32 Å². The fourth-order valence-corrected chi connectivity index (χ4v) is 3.23. The van der Waals surface area contributed by atoms with Gasteiger partial charge in [0, 0.05) is 19.1 Å². The number of hydrogen-bond donors (Lipinski definition) is 1. The molecule has 0 aromatic heterocycles. The molecule has 98 valence electrons. The third kappa shape index (κ3) is 3.82. The van der Waals surface area contributed by atoms with Crippen molar-refractivity contribution in [3.05, 3.63) is 12.7 Å².